The lowest BCUT2D eigenvalue weighted by atomic mass is 10.2. The van der Waals surface area contributed by atoms with Crippen molar-refractivity contribution in [3.63, 3.8) is 0 Å². The third-order valence-corrected chi connectivity index (χ3v) is 4.03. The Morgan fingerprint density at radius 2 is 1.88 bits per heavy atom. The normalized spacial score (nSPS) is 10.2. The highest BCUT2D eigenvalue weighted by molar-refractivity contribution is 7.13. The summed E-state index contributed by atoms with van der Waals surface area (Å²) >= 11 is 1.47. The molecule has 24 heavy (non-hydrogen) atoms. The Balaban J connectivity index is 1.59. The standard InChI is InChI=1S/C16H13N3O4S/c1-22-11-6-4-10(5-7-11)15(20)17-18-16(21)12-9-13(23-19-12)14-3-2-8-24-14/h2-9H,1H3,(H,17,20)(H,18,21). The largest absolute Gasteiger partial charge is 0.497 e. The number of aromatic nitrogens is 1. The van der Waals surface area contributed by atoms with Crippen molar-refractivity contribution < 1.29 is 18.8 Å². The first-order chi connectivity index (χ1) is 11.7. The lowest BCUT2D eigenvalue weighted by molar-refractivity contribution is 0.0841. The third-order valence-electron chi connectivity index (χ3n) is 3.15. The molecular weight excluding hydrogens is 330 g/mol. The van der Waals surface area contributed by atoms with E-state index >= 15 is 0 Å². The van der Waals surface area contributed by atoms with Gasteiger partial charge < -0.3 is 9.26 Å². The number of hydrogen-bond donors (Lipinski definition) is 2. The van der Waals surface area contributed by atoms with Gasteiger partial charge in [-0.05, 0) is 35.7 Å². The molecule has 7 nitrogen and oxygen atoms in total. The number of carbonyl (C=O) groups excluding carboxylic acids is 2. The van der Waals surface area contributed by atoms with Crippen LogP contribution in [0.3, 0.4) is 0 Å². The van der Waals surface area contributed by atoms with E-state index in [1.807, 2.05) is 17.5 Å². The molecule has 2 heterocycles. The first kappa shape index (κ1) is 15.8. The van der Waals surface area contributed by atoms with Gasteiger partial charge in [-0.2, -0.15) is 0 Å². The monoisotopic (exact) mass is 343 g/mol. The minimum atomic E-state index is -0.566. The molecule has 0 aliphatic carbocycles. The van der Waals surface area contributed by atoms with Crippen molar-refractivity contribution in [3.8, 4) is 16.4 Å². The Morgan fingerprint density at radius 3 is 2.54 bits per heavy atom. The van der Waals surface area contributed by atoms with Gasteiger partial charge in [-0.1, -0.05) is 11.2 Å². The molecule has 0 fully saturated rings. The maximum absolute atomic E-state index is 12.0. The Morgan fingerprint density at radius 1 is 1.12 bits per heavy atom. The molecule has 0 saturated carbocycles. The summed E-state index contributed by atoms with van der Waals surface area (Å²) in [5.74, 6) is 0.118. The van der Waals surface area contributed by atoms with E-state index in [2.05, 4.69) is 16.0 Å². The van der Waals surface area contributed by atoms with Gasteiger partial charge in [-0.25, -0.2) is 0 Å². The molecule has 3 aromatic rings. The number of ether oxygens (including phenoxy) is 1. The maximum atomic E-state index is 12.0. The summed E-state index contributed by atoms with van der Waals surface area (Å²) in [5, 5.41) is 5.59. The molecule has 0 atom stereocenters. The Kier molecular flexibility index (Phi) is 4.57. The molecule has 0 bridgehead atoms. The zero-order valence-electron chi connectivity index (χ0n) is 12.6. The van der Waals surface area contributed by atoms with Crippen molar-refractivity contribution >= 4 is 23.2 Å². The van der Waals surface area contributed by atoms with E-state index in [-0.39, 0.29) is 5.69 Å². The van der Waals surface area contributed by atoms with Crippen LogP contribution in [0.2, 0.25) is 0 Å². The van der Waals surface area contributed by atoms with Crippen molar-refractivity contribution in [3.05, 3.63) is 59.1 Å². The van der Waals surface area contributed by atoms with Crippen LogP contribution >= 0.6 is 11.3 Å². The smallest absolute Gasteiger partial charge is 0.291 e. The third kappa shape index (κ3) is 3.44. The number of benzene rings is 1. The van der Waals surface area contributed by atoms with Gasteiger partial charge in [0.2, 0.25) is 0 Å². The van der Waals surface area contributed by atoms with Crippen LogP contribution in [-0.2, 0) is 0 Å². The summed E-state index contributed by atoms with van der Waals surface area (Å²) in [6, 6.07) is 11.7. The number of carbonyl (C=O) groups is 2. The lowest BCUT2D eigenvalue weighted by Crippen LogP contribution is -2.41. The van der Waals surface area contributed by atoms with E-state index < -0.39 is 11.8 Å². The predicted molar refractivity (Wildman–Crippen MR) is 87.7 cm³/mol. The number of nitrogens with one attached hydrogen (secondary N) is 2. The summed E-state index contributed by atoms with van der Waals surface area (Å²) in [6.45, 7) is 0. The van der Waals surface area contributed by atoms with Crippen LogP contribution in [0, 0.1) is 0 Å². The fraction of sp³-hybridized carbons (Fsp3) is 0.0625. The molecule has 2 N–H and O–H groups in total. The number of amides is 2. The molecule has 0 aliphatic rings. The number of thiophene rings is 1. The SMILES string of the molecule is COc1ccc(C(=O)NNC(=O)c2cc(-c3cccs3)on2)cc1. The van der Waals surface area contributed by atoms with Crippen LogP contribution in [0.1, 0.15) is 20.8 Å². The summed E-state index contributed by atoms with van der Waals surface area (Å²) in [4.78, 5) is 24.8. The van der Waals surface area contributed by atoms with E-state index in [1.165, 1.54) is 24.5 Å². The highest BCUT2D eigenvalue weighted by Gasteiger charge is 2.15. The Labute approximate surface area is 141 Å². The van der Waals surface area contributed by atoms with Crippen molar-refractivity contribution in [1.29, 1.82) is 0 Å². The number of methoxy groups -OCH3 is 1. The van der Waals surface area contributed by atoms with Crippen molar-refractivity contribution in [2.75, 3.05) is 7.11 Å². The number of hydrazine groups is 1. The quantitative estimate of drug-likeness (QED) is 0.710. The number of nitrogens with zero attached hydrogens (tertiary/aromatic N) is 1. The van der Waals surface area contributed by atoms with Gasteiger partial charge in [0, 0.05) is 11.6 Å². The first-order valence-corrected chi connectivity index (χ1v) is 7.80. The van der Waals surface area contributed by atoms with Crippen molar-refractivity contribution in [2.24, 2.45) is 0 Å². The summed E-state index contributed by atoms with van der Waals surface area (Å²) < 4.78 is 10.1. The molecule has 2 amide bonds. The summed E-state index contributed by atoms with van der Waals surface area (Å²) in [6.07, 6.45) is 0. The first-order valence-electron chi connectivity index (χ1n) is 6.92. The zero-order chi connectivity index (χ0) is 16.9. The van der Waals surface area contributed by atoms with Crippen molar-refractivity contribution in [2.45, 2.75) is 0 Å². The van der Waals surface area contributed by atoms with Crippen LogP contribution in [0.5, 0.6) is 5.75 Å². The van der Waals surface area contributed by atoms with Gasteiger partial charge in [-0.15, -0.1) is 11.3 Å². The van der Waals surface area contributed by atoms with Crippen LogP contribution in [0.25, 0.3) is 10.6 Å². The van der Waals surface area contributed by atoms with Crippen LogP contribution < -0.4 is 15.6 Å². The molecule has 8 heteroatoms. The van der Waals surface area contributed by atoms with E-state index in [1.54, 1.807) is 24.3 Å². The minimum absolute atomic E-state index is 0.0773. The number of rotatable bonds is 4. The summed E-state index contributed by atoms with van der Waals surface area (Å²) in [5.41, 5.74) is 5.08. The Hall–Kier alpha value is -3.13. The van der Waals surface area contributed by atoms with Gasteiger partial charge >= 0.3 is 0 Å². The average molecular weight is 343 g/mol. The second kappa shape index (κ2) is 6.97. The van der Waals surface area contributed by atoms with E-state index in [0.29, 0.717) is 17.1 Å². The zero-order valence-corrected chi connectivity index (χ0v) is 13.4. The van der Waals surface area contributed by atoms with E-state index in [9.17, 15) is 9.59 Å². The van der Waals surface area contributed by atoms with Crippen LogP contribution in [0.15, 0.2) is 52.4 Å². The Bertz CT molecular complexity index is 841. The molecule has 2 aromatic heterocycles. The highest BCUT2D eigenvalue weighted by atomic mass is 32.1. The topological polar surface area (TPSA) is 93.5 Å². The fourth-order valence-electron chi connectivity index (χ4n) is 1.91. The molecule has 122 valence electrons. The van der Waals surface area contributed by atoms with E-state index in [0.717, 1.165) is 4.88 Å². The van der Waals surface area contributed by atoms with Gasteiger partial charge in [0.05, 0.1) is 12.0 Å². The molecule has 0 aliphatic heterocycles. The molecule has 0 radical (unpaired) electrons. The molecule has 0 unspecified atom stereocenters. The van der Waals surface area contributed by atoms with Crippen LogP contribution in [0.4, 0.5) is 0 Å². The molecule has 3 rings (SSSR count). The summed E-state index contributed by atoms with van der Waals surface area (Å²) in [7, 11) is 1.54. The second-order valence-corrected chi connectivity index (χ2v) is 5.64. The molecular formula is C16H13N3O4S. The van der Waals surface area contributed by atoms with Crippen LogP contribution in [-0.4, -0.2) is 24.1 Å². The van der Waals surface area contributed by atoms with E-state index in [4.69, 9.17) is 9.26 Å². The van der Waals surface area contributed by atoms with Gasteiger partial charge in [-0.3, -0.25) is 20.4 Å². The second-order valence-electron chi connectivity index (χ2n) is 4.69. The minimum Gasteiger partial charge on any atom is -0.497 e. The molecule has 1 aromatic carbocycles. The molecule has 0 saturated heterocycles. The highest BCUT2D eigenvalue weighted by Crippen LogP contribution is 2.24. The van der Waals surface area contributed by atoms with Gasteiger partial charge in [0.15, 0.2) is 11.5 Å². The maximum Gasteiger partial charge on any atom is 0.291 e. The lowest BCUT2D eigenvalue weighted by Gasteiger charge is -2.06. The van der Waals surface area contributed by atoms with Gasteiger partial charge in [0.25, 0.3) is 11.8 Å². The average Bonchev–Trinajstić information content (AvgIpc) is 3.30. The number of hydrogen-bond acceptors (Lipinski definition) is 6. The molecule has 0 spiro atoms. The van der Waals surface area contributed by atoms with Gasteiger partial charge in [0.1, 0.15) is 5.75 Å². The van der Waals surface area contributed by atoms with Crippen molar-refractivity contribution in [1.82, 2.24) is 16.0 Å². The fourth-order valence-corrected chi connectivity index (χ4v) is 2.58. The predicted octanol–water partition coefficient (Wildman–Crippen LogP) is 2.49.